The van der Waals surface area contributed by atoms with Crippen LogP contribution in [0.5, 0.6) is 5.75 Å². The van der Waals surface area contributed by atoms with Crippen LogP contribution < -0.4 is 15.4 Å². The first-order valence-electron chi connectivity index (χ1n) is 8.07. The van der Waals surface area contributed by atoms with E-state index in [0.717, 1.165) is 22.6 Å². The number of amides is 1. The highest BCUT2D eigenvalue weighted by molar-refractivity contribution is 7.80. The van der Waals surface area contributed by atoms with Crippen LogP contribution in [-0.4, -0.2) is 18.1 Å². The van der Waals surface area contributed by atoms with Crippen molar-refractivity contribution in [1.82, 2.24) is 5.32 Å². The number of thiocarbonyl (C=S) groups is 1. The lowest BCUT2D eigenvalue weighted by Gasteiger charge is -2.10. The third-order valence-corrected chi connectivity index (χ3v) is 4.03. The van der Waals surface area contributed by atoms with E-state index >= 15 is 0 Å². The smallest absolute Gasteiger partial charge is 0.257 e. The minimum absolute atomic E-state index is 0.243. The lowest BCUT2D eigenvalue weighted by molar-refractivity contribution is 0.0978. The molecule has 0 aliphatic carbocycles. The molecule has 0 saturated heterocycles. The van der Waals surface area contributed by atoms with E-state index < -0.39 is 0 Å². The predicted molar refractivity (Wildman–Crippen MR) is 109 cm³/mol. The van der Waals surface area contributed by atoms with Gasteiger partial charge in [-0.3, -0.25) is 10.1 Å². The number of methoxy groups -OCH3 is 1. The third kappa shape index (κ3) is 4.46. The Kier molecular flexibility index (Phi) is 5.61. The van der Waals surface area contributed by atoms with E-state index in [1.165, 1.54) is 0 Å². The highest BCUT2D eigenvalue weighted by Crippen LogP contribution is 2.19. The molecular weight excluding hydrogens is 344 g/mol. The van der Waals surface area contributed by atoms with Crippen molar-refractivity contribution in [3.8, 4) is 16.9 Å². The molecule has 26 heavy (non-hydrogen) atoms. The van der Waals surface area contributed by atoms with Crippen LogP contribution in [0.1, 0.15) is 10.4 Å². The van der Waals surface area contributed by atoms with Gasteiger partial charge >= 0.3 is 0 Å². The van der Waals surface area contributed by atoms with Gasteiger partial charge in [0.25, 0.3) is 5.91 Å². The second kappa shape index (κ2) is 8.27. The number of ether oxygens (including phenoxy) is 1. The summed E-state index contributed by atoms with van der Waals surface area (Å²) in [7, 11) is 1.61. The second-order valence-electron chi connectivity index (χ2n) is 5.58. The van der Waals surface area contributed by atoms with Gasteiger partial charge in [-0.1, -0.05) is 42.5 Å². The molecule has 0 aromatic heterocycles. The molecule has 0 fully saturated rings. The molecule has 0 saturated carbocycles. The molecule has 0 aliphatic rings. The molecule has 5 heteroatoms. The number of hydrogen-bond donors (Lipinski definition) is 2. The first-order valence-corrected chi connectivity index (χ1v) is 8.48. The fraction of sp³-hybridized carbons (Fsp3) is 0.0476. The topological polar surface area (TPSA) is 50.4 Å². The molecular formula is C21H18N2O2S. The summed E-state index contributed by atoms with van der Waals surface area (Å²) in [6.45, 7) is 0. The Labute approximate surface area is 157 Å². The van der Waals surface area contributed by atoms with Gasteiger partial charge in [-0.25, -0.2) is 0 Å². The van der Waals surface area contributed by atoms with E-state index in [1.807, 2.05) is 66.7 Å². The van der Waals surface area contributed by atoms with Crippen molar-refractivity contribution in [3.63, 3.8) is 0 Å². The van der Waals surface area contributed by atoms with Crippen LogP contribution in [0.15, 0.2) is 78.9 Å². The summed E-state index contributed by atoms with van der Waals surface area (Å²) in [5, 5.41) is 5.90. The van der Waals surface area contributed by atoms with Gasteiger partial charge in [0.15, 0.2) is 5.11 Å². The van der Waals surface area contributed by atoms with Crippen molar-refractivity contribution in [2.75, 3.05) is 12.4 Å². The fourth-order valence-electron chi connectivity index (χ4n) is 2.46. The minimum Gasteiger partial charge on any atom is -0.497 e. The zero-order chi connectivity index (χ0) is 18.4. The van der Waals surface area contributed by atoms with E-state index in [4.69, 9.17) is 17.0 Å². The summed E-state index contributed by atoms with van der Waals surface area (Å²) in [6, 6.07) is 24.7. The Bertz CT molecular complexity index is 892. The summed E-state index contributed by atoms with van der Waals surface area (Å²) in [6.07, 6.45) is 0. The lowest BCUT2D eigenvalue weighted by Crippen LogP contribution is -2.34. The number of carbonyl (C=O) groups excluding carboxylic acids is 1. The van der Waals surface area contributed by atoms with E-state index in [0.29, 0.717) is 5.56 Å². The summed E-state index contributed by atoms with van der Waals surface area (Å²) in [5.41, 5.74) is 3.48. The molecule has 0 heterocycles. The molecule has 0 bridgehead atoms. The number of carbonyl (C=O) groups is 1. The van der Waals surface area contributed by atoms with Crippen LogP contribution in [0.25, 0.3) is 11.1 Å². The van der Waals surface area contributed by atoms with Gasteiger partial charge in [0.1, 0.15) is 5.75 Å². The molecule has 0 aliphatic heterocycles. The normalized spacial score (nSPS) is 10.0. The molecule has 3 aromatic rings. The van der Waals surface area contributed by atoms with Crippen LogP contribution >= 0.6 is 12.2 Å². The summed E-state index contributed by atoms with van der Waals surface area (Å²) in [4.78, 5) is 12.3. The van der Waals surface area contributed by atoms with Gasteiger partial charge in [-0.15, -0.1) is 0 Å². The lowest BCUT2D eigenvalue weighted by atomic mass is 10.0. The Balaban J connectivity index is 1.61. The second-order valence-corrected chi connectivity index (χ2v) is 5.99. The van der Waals surface area contributed by atoms with Gasteiger partial charge in [0.2, 0.25) is 0 Å². The fourth-order valence-corrected chi connectivity index (χ4v) is 2.67. The van der Waals surface area contributed by atoms with Gasteiger partial charge < -0.3 is 10.1 Å². The number of benzene rings is 3. The van der Waals surface area contributed by atoms with Crippen LogP contribution in [0, 0.1) is 0 Å². The van der Waals surface area contributed by atoms with Crippen molar-refractivity contribution in [3.05, 3.63) is 84.4 Å². The zero-order valence-corrected chi connectivity index (χ0v) is 15.0. The van der Waals surface area contributed by atoms with Gasteiger partial charge in [-0.2, -0.15) is 0 Å². The molecule has 0 atom stereocenters. The number of hydrogen-bond acceptors (Lipinski definition) is 3. The monoisotopic (exact) mass is 362 g/mol. The summed E-state index contributed by atoms with van der Waals surface area (Å²) >= 11 is 5.20. The minimum atomic E-state index is -0.254. The average molecular weight is 362 g/mol. The standard InChI is InChI=1S/C21H18N2O2S/c1-25-19-13-11-18(12-14-19)22-21(26)23-20(24)17-9-7-16(8-10-17)15-5-3-2-4-6-15/h2-14H,1H3,(H2,22,23,24,26). The number of anilines is 1. The van der Waals surface area contributed by atoms with E-state index in [-0.39, 0.29) is 11.0 Å². The van der Waals surface area contributed by atoms with E-state index in [2.05, 4.69) is 10.6 Å². The predicted octanol–water partition coefficient (Wildman–Crippen LogP) is 4.49. The quantitative estimate of drug-likeness (QED) is 0.672. The number of rotatable bonds is 4. The van der Waals surface area contributed by atoms with Crippen molar-refractivity contribution in [2.24, 2.45) is 0 Å². The third-order valence-electron chi connectivity index (χ3n) is 3.83. The first-order chi connectivity index (χ1) is 12.7. The highest BCUT2D eigenvalue weighted by atomic mass is 32.1. The molecule has 4 nitrogen and oxygen atoms in total. The molecule has 0 radical (unpaired) electrons. The molecule has 0 spiro atoms. The Hall–Kier alpha value is -3.18. The van der Waals surface area contributed by atoms with Crippen molar-refractivity contribution < 1.29 is 9.53 Å². The summed E-state index contributed by atoms with van der Waals surface area (Å²) < 4.78 is 5.11. The van der Waals surface area contributed by atoms with Crippen LogP contribution in [0.2, 0.25) is 0 Å². The van der Waals surface area contributed by atoms with Gasteiger partial charge in [0, 0.05) is 11.3 Å². The highest BCUT2D eigenvalue weighted by Gasteiger charge is 2.08. The maximum Gasteiger partial charge on any atom is 0.257 e. The molecule has 1 amide bonds. The maximum absolute atomic E-state index is 12.3. The maximum atomic E-state index is 12.3. The first kappa shape index (κ1) is 17.6. The van der Waals surface area contributed by atoms with Crippen LogP contribution in [0.4, 0.5) is 5.69 Å². The summed E-state index contributed by atoms with van der Waals surface area (Å²) in [5.74, 6) is 0.500. The Morgan fingerprint density at radius 2 is 1.46 bits per heavy atom. The van der Waals surface area contributed by atoms with Gasteiger partial charge in [0.05, 0.1) is 7.11 Å². The molecule has 3 rings (SSSR count). The average Bonchev–Trinajstić information content (AvgIpc) is 2.69. The van der Waals surface area contributed by atoms with Gasteiger partial charge in [-0.05, 0) is 59.7 Å². The zero-order valence-electron chi connectivity index (χ0n) is 14.2. The SMILES string of the molecule is COc1ccc(NC(=S)NC(=O)c2ccc(-c3ccccc3)cc2)cc1. The van der Waals surface area contributed by atoms with E-state index in [9.17, 15) is 4.79 Å². The van der Waals surface area contributed by atoms with Crippen LogP contribution in [0.3, 0.4) is 0 Å². The molecule has 0 unspecified atom stereocenters. The van der Waals surface area contributed by atoms with E-state index in [1.54, 1.807) is 19.2 Å². The number of nitrogens with one attached hydrogen (secondary N) is 2. The molecule has 2 N–H and O–H groups in total. The molecule has 130 valence electrons. The Morgan fingerprint density at radius 1 is 0.846 bits per heavy atom. The van der Waals surface area contributed by atoms with Crippen LogP contribution in [-0.2, 0) is 0 Å². The molecule has 3 aromatic carbocycles. The largest absolute Gasteiger partial charge is 0.497 e. The van der Waals surface area contributed by atoms with Crippen molar-refractivity contribution >= 4 is 28.9 Å². The Morgan fingerprint density at radius 3 is 2.08 bits per heavy atom. The van der Waals surface area contributed by atoms with Crippen molar-refractivity contribution in [1.29, 1.82) is 0 Å². The van der Waals surface area contributed by atoms with Crippen molar-refractivity contribution in [2.45, 2.75) is 0 Å².